The zero-order valence-corrected chi connectivity index (χ0v) is 12.2. The number of anilines is 1. The molecule has 0 heterocycles. The molecule has 21 heavy (non-hydrogen) atoms. The average molecular weight is 291 g/mol. The highest BCUT2D eigenvalue weighted by atomic mass is 16.5. The van der Waals surface area contributed by atoms with Crippen LogP contribution in [-0.4, -0.2) is 23.6 Å². The summed E-state index contributed by atoms with van der Waals surface area (Å²) < 4.78 is 5.64. The summed E-state index contributed by atoms with van der Waals surface area (Å²) in [6, 6.07) is 5.46. The van der Waals surface area contributed by atoms with Gasteiger partial charge >= 0.3 is 5.97 Å². The van der Waals surface area contributed by atoms with Gasteiger partial charge in [0.1, 0.15) is 5.75 Å². The van der Waals surface area contributed by atoms with Crippen molar-refractivity contribution in [3.8, 4) is 5.75 Å². The van der Waals surface area contributed by atoms with Gasteiger partial charge in [-0.3, -0.25) is 9.59 Å². The minimum atomic E-state index is -0.829. The van der Waals surface area contributed by atoms with Crippen LogP contribution in [-0.2, 0) is 16.0 Å². The Hall–Kier alpha value is -2.04. The zero-order valence-electron chi connectivity index (χ0n) is 12.2. The third kappa shape index (κ3) is 4.77. The smallest absolute Gasteiger partial charge is 0.303 e. The quantitative estimate of drug-likeness (QED) is 0.772. The first-order valence-electron chi connectivity index (χ1n) is 7.38. The number of hydrogen-bond acceptors (Lipinski definition) is 3. The molecule has 5 nitrogen and oxygen atoms in total. The Morgan fingerprint density at radius 1 is 1.38 bits per heavy atom. The lowest BCUT2D eigenvalue weighted by Crippen LogP contribution is -2.14. The van der Waals surface area contributed by atoms with Crippen molar-refractivity contribution in [2.45, 2.75) is 39.0 Å². The molecule has 0 aliphatic heterocycles. The van der Waals surface area contributed by atoms with E-state index >= 15 is 0 Å². The Morgan fingerprint density at radius 3 is 2.76 bits per heavy atom. The van der Waals surface area contributed by atoms with Crippen LogP contribution in [0.15, 0.2) is 18.2 Å². The number of aliphatic carboxylic acids is 1. The van der Waals surface area contributed by atoms with E-state index in [0.717, 1.165) is 24.8 Å². The first-order valence-corrected chi connectivity index (χ1v) is 7.38. The molecule has 1 fully saturated rings. The maximum Gasteiger partial charge on any atom is 0.303 e. The highest BCUT2D eigenvalue weighted by molar-refractivity contribution is 5.95. The molecule has 0 radical (unpaired) electrons. The Balaban J connectivity index is 2.11. The maximum atomic E-state index is 11.9. The van der Waals surface area contributed by atoms with Crippen molar-refractivity contribution in [2.75, 3.05) is 11.9 Å². The van der Waals surface area contributed by atoms with Gasteiger partial charge in [0.15, 0.2) is 0 Å². The van der Waals surface area contributed by atoms with E-state index in [2.05, 4.69) is 5.32 Å². The van der Waals surface area contributed by atoms with Gasteiger partial charge in [-0.05, 0) is 43.4 Å². The fourth-order valence-electron chi connectivity index (χ4n) is 2.00. The van der Waals surface area contributed by atoms with E-state index < -0.39 is 5.97 Å². The van der Waals surface area contributed by atoms with Crippen LogP contribution in [0.1, 0.15) is 38.2 Å². The first kappa shape index (κ1) is 15.4. The molecule has 0 aromatic heterocycles. The minimum Gasteiger partial charge on any atom is -0.491 e. The van der Waals surface area contributed by atoms with E-state index in [1.807, 2.05) is 19.1 Å². The fraction of sp³-hybridized carbons (Fsp3) is 0.500. The highest BCUT2D eigenvalue weighted by Gasteiger charge is 2.30. The van der Waals surface area contributed by atoms with Gasteiger partial charge in [-0.2, -0.15) is 0 Å². The molecule has 1 amide bonds. The molecule has 0 bridgehead atoms. The van der Waals surface area contributed by atoms with Crippen LogP contribution < -0.4 is 10.1 Å². The predicted molar refractivity (Wildman–Crippen MR) is 79.5 cm³/mol. The number of aryl methyl sites for hydroxylation is 1. The van der Waals surface area contributed by atoms with Crippen molar-refractivity contribution in [1.29, 1.82) is 0 Å². The van der Waals surface area contributed by atoms with E-state index in [4.69, 9.17) is 9.84 Å². The maximum absolute atomic E-state index is 11.9. The summed E-state index contributed by atoms with van der Waals surface area (Å²) >= 11 is 0. The number of carboxylic acids is 1. The normalized spacial score (nSPS) is 13.8. The van der Waals surface area contributed by atoms with Crippen LogP contribution in [0.3, 0.4) is 0 Å². The average Bonchev–Trinajstić information content (AvgIpc) is 3.28. The van der Waals surface area contributed by atoms with E-state index in [-0.39, 0.29) is 18.2 Å². The molecule has 2 rings (SSSR count). The second kappa shape index (κ2) is 7.11. The van der Waals surface area contributed by atoms with Crippen LogP contribution in [0.25, 0.3) is 0 Å². The van der Waals surface area contributed by atoms with Gasteiger partial charge in [-0.15, -0.1) is 0 Å². The molecule has 0 atom stereocenters. The summed E-state index contributed by atoms with van der Waals surface area (Å²) in [5.41, 5.74) is 1.52. The number of hydrogen-bond donors (Lipinski definition) is 2. The molecular weight excluding hydrogens is 270 g/mol. The van der Waals surface area contributed by atoms with E-state index in [0.29, 0.717) is 24.5 Å². The van der Waals surface area contributed by atoms with Gasteiger partial charge in [0.25, 0.3) is 0 Å². The predicted octanol–water partition coefficient (Wildman–Crippen LogP) is 2.84. The molecule has 0 spiro atoms. The number of carbonyl (C=O) groups excluding carboxylic acids is 1. The highest BCUT2D eigenvalue weighted by Crippen LogP contribution is 2.33. The Labute approximate surface area is 124 Å². The van der Waals surface area contributed by atoms with Crippen LogP contribution in [0.2, 0.25) is 0 Å². The Bertz CT molecular complexity index is 523. The van der Waals surface area contributed by atoms with Gasteiger partial charge in [-0.25, -0.2) is 0 Å². The molecule has 114 valence electrons. The number of carboxylic acid groups (broad SMARTS) is 1. The number of nitrogens with one attached hydrogen (secondary N) is 1. The Morgan fingerprint density at radius 2 is 2.14 bits per heavy atom. The van der Waals surface area contributed by atoms with Crippen molar-refractivity contribution < 1.29 is 19.4 Å². The molecule has 1 aliphatic carbocycles. The molecule has 1 aromatic carbocycles. The number of benzene rings is 1. The fourth-order valence-corrected chi connectivity index (χ4v) is 2.00. The Kier molecular flexibility index (Phi) is 5.20. The largest absolute Gasteiger partial charge is 0.491 e. The van der Waals surface area contributed by atoms with Crippen molar-refractivity contribution in [3.05, 3.63) is 23.8 Å². The van der Waals surface area contributed by atoms with Crippen molar-refractivity contribution in [1.82, 2.24) is 0 Å². The molecule has 0 unspecified atom stereocenters. The summed E-state index contributed by atoms with van der Waals surface area (Å²) in [6.45, 7) is 2.60. The summed E-state index contributed by atoms with van der Waals surface area (Å²) in [5, 5.41) is 11.6. The van der Waals surface area contributed by atoms with Crippen LogP contribution in [0.5, 0.6) is 5.75 Å². The standard InChI is InChI=1S/C16H21NO4/c1-2-9-21-14-7-3-11(4-8-15(18)19)10-13(14)17-16(20)12-5-6-12/h3,7,10,12H,2,4-6,8-9H2,1H3,(H,17,20)(H,18,19). The van der Waals surface area contributed by atoms with Gasteiger partial charge in [0.05, 0.1) is 12.3 Å². The van der Waals surface area contributed by atoms with Gasteiger partial charge in [0.2, 0.25) is 5.91 Å². The molecule has 2 N–H and O–H groups in total. The third-order valence-corrected chi connectivity index (χ3v) is 3.34. The molecular formula is C16H21NO4. The monoisotopic (exact) mass is 291 g/mol. The summed E-state index contributed by atoms with van der Waals surface area (Å²) in [4.78, 5) is 22.6. The minimum absolute atomic E-state index is 0.0201. The van der Waals surface area contributed by atoms with E-state index in [9.17, 15) is 9.59 Å². The lowest BCUT2D eigenvalue weighted by molar-refractivity contribution is -0.137. The molecule has 5 heteroatoms. The van der Waals surface area contributed by atoms with E-state index in [1.54, 1.807) is 6.07 Å². The summed E-state index contributed by atoms with van der Waals surface area (Å²) in [5.74, 6) is -0.0479. The van der Waals surface area contributed by atoms with Crippen molar-refractivity contribution in [2.24, 2.45) is 5.92 Å². The third-order valence-electron chi connectivity index (χ3n) is 3.34. The van der Waals surface area contributed by atoms with Crippen LogP contribution in [0.4, 0.5) is 5.69 Å². The summed E-state index contributed by atoms with van der Waals surface area (Å²) in [6.07, 6.45) is 3.28. The second-order valence-electron chi connectivity index (χ2n) is 5.34. The molecule has 1 aliphatic rings. The lowest BCUT2D eigenvalue weighted by atomic mass is 10.1. The van der Waals surface area contributed by atoms with Gasteiger partial charge < -0.3 is 15.2 Å². The molecule has 0 saturated heterocycles. The van der Waals surface area contributed by atoms with Gasteiger partial charge in [0, 0.05) is 12.3 Å². The zero-order chi connectivity index (χ0) is 15.2. The number of carbonyl (C=O) groups is 2. The van der Waals surface area contributed by atoms with Crippen molar-refractivity contribution in [3.63, 3.8) is 0 Å². The summed E-state index contributed by atoms with van der Waals surface area (Å²) in [7, 11) is 0. The van der Waals surface area contributed by atoms with Crippen LogP contribution in [0, 0.1) is 5.92 Å². The lowest BCUT2D eigenvalue weighted by Gasteiger charge is -2.13. The molecule has 1 aromatic rings. The van der Waals surface area contributed by atoms with Gasteiger partial charge in [-0.1, -0.05) is 13.0 Å². The van der Waals surface area contributed by atoms with Crippen molar-refractivity contribution >= 4 is 17.6 Å². The number of rotatable bonds is 8. The number of ether oxygens (including phenoxy) is 1. The first-order chi connectivity index (χ1) is 10.1. The molecule has 1 saturated carbocycles. The van der Waals surface area contributed by atoms with E-state index in [1.165, 1.54) is 0 Å². The van der Waals surface area contributed by atoms with Crippen LogP contribution >= 0.6 is 0 Å². The second-order valence-corrected chi connectivity index (χ2v) is 5.34. The SMILES string of the molecule is CCCOc1ccc(CCC(=O)O)cc1NC(=O)C1CC1. The number of amides is 1. The topological polar surface area (TPSA) is 75.6 Å².